The van der Waals surface area contributed by atoms with E-state index in [0.717, 1.165) is 6.07 Å². The van der Waals surface area contributed by atoms with Gasteiger partial charge in [0, 0.05) is 13.1 Å². The summed E-state index contributed by atoms with van der Waals surface area (Å²) in [4.78, 5) is 0. The van der Waals surface area contributed by atoms with Gasteiger partial charge in [-0.1, -0.05) is 6.07 Å². The zero-order valence-electron chi connectivity index (χ0n) is 9.43. The molecule has 0 heterocycles. The number of hydrogen-bond acceptors (Lipinski definition) is 3. The zero-order valence-corrected chi connectivity index (χ0v) is 9.43. The summed E-state index contributed by atoms with van der Waals surface area (Å²) in [6.07, 6.45) is -4.32. The van der Waals surface area contributed by atoms with Gasteiger partial charge in [0.2, 0.25) is 0 Å². The standard InChI is InChI=1S/C11H13F4NO2/c12-9-5-8(1-2-10(9)17)6-16-3-4-18-7-11(13,14)15/h1-2,5,16-17H,3-4,6-7H2. The molecule has 1 aromatic carbocycles. The smallest absolute Gasteiger partial charge is 0.411 e. The molecule has 18 heavy (non-hydrogen) atoms. The lowest BCUT2D eigenvalue weighted by atomic mass is 10.2. The molecule has 0 aliphatic rings. The molecule has 0 spiro atoms. The molecule has 3 nitrogen and oxygen atoms in total. The molecule has 0 radical (unpaired) electrons. The quantitative estimate of drug-likeness (QED) is 0.613. The second kappa shape index (κ2) is 6.55. The van der Waals surface area contributed by atoms with Crippen molar-refractivity contribution in [1.29, 1.82) is 0 Å². The Labute approximate surface area is 101 Å². The number of phenols is 1. The van der Waals surface area contributed by atoms with E-state index in [1.807, 2.05) is 0 Å². The lowest BCUT2D eigenvalue weighted by Crippen LogP contribution is -2.23. The van der Waals surface area contributed by atoms with Crippen LogP contribution in [0.2, 0.25) is 0 Å². The molecule has 0 aliphatic heterocycles. The number of alkyl halides is 3. The molecular weight excluding hydrogens is 254 g/mol. The summed E-state index contributed by atoms with van der Waals surface area (Å²) in [7, 11) is 0. The van der Waals surface area contributed by atoms with Crippen molar-refractivity contribution in [2.75, 3.05) is 19.8 Å². The van der Waals surface area contributed by atoms with Crippen molar-refractivity contribution in [3.8, 4) is 5.75 Å². The first-order valence-corrected chi connectivity index (χ1v) is 5.21. The molecule has 0 atom stereocenters. The molecule has 1 rings (SSSR count). The zero-order chi connectivity index (χ0) is 13.6. The Morgan fingerprint density at radius 1 is 1.28 bits per heavy atom. The SMILES string of the molecule is Oc1ccc(CNCCOCC(F)(F)F)cc1F. The van der Waals surface area contributed by atoms with Gasteiger partial charge in [0.1, 0.15) is 6.61 Å². The van der Waals surface area contributed by atoms with Gasteiger partial charge >= 0.3 is 6.18 Å². The first-order valence-electron chi connectivity index (χ1n) is 5.21. The Balaban J connectivity index is 2.16. The van der Waals surface area contributed by atoms with Crippen LogP contribution >= 0.6 is 0 Å². The molecular formula is C11H13F4NO2. The summed E-state index contributed by atoms with van der Waals surface area (Å²) in [6.45, 7) is -0.853. The third-order valence-electron chi connectivity index (χ3n) is 2.03. The third kappa shape index (κ3) is 5.83. The largest absolute Gasteiger partial charge is 0.505 e. The van der Waals surface area contributed by atoms with Gasteiger partial charge in [0.05, 0.1) is 6.61 Å². The van der Waals surface area contributed by atoms with Gasteiger partial charge < -0.3 is 15.2 Å². The van der Waals surface area contributed by atoms with Crippen LogP contribution in [-0.2, 0) is 11.3 Å². The number of benzene rings is 1. The maximum absolute atomic E-state index is 12.9. The summed E-state index contributed by atoms with van der Waals surface area (Å²) in [6, 6.07) is 3.88. The highest BCUT2D eigenvalue weighted by molar-refractivity contribution is 5.27. The van der Waals surface area contributed by atoms with Crippen LogP contribution in [0, 0.1) is 5.82 Å². The average Bonchev–Trinajstić information content (AvgIpc) is 2.26. The number of aromatic hydroxyl groups is 1. The number of nitrogens with one attached hydrogen (secondary N) is 1. The summed E-state index contributed by atoms with van der Waals surface area (Å²) < 4.78 is 52.4. The minimum absolute atomic E-state index is 0.0833. The van der Waals surface area contributed by atoms with Crippen molar-refractivity contribution in [1.82, 2.24) is 5.32 Å². The van der Waals surface area contributed by atoms with Crippen molar-refractivity contribution < 1.29 is 27.4 Å². The second-order valence-electron chi connectivity index (χ2n) is 3.63. The van der Waals surface area contributed by atoms with E-state index < -0.39 is 24.3 Å². The summed E-state index contributed by atoms with van der Waals surface area (Å²) in [5, 5.41) is 11.7. The van der Waals surface area contributed by atoms with Crippen molar-refractivity contribution >= 4 is 0 Å². The highest BCUT2D eigenvalue weighted by atomic mass is 19.4. The fraction of sp³-hybridized carbons (Fsp3) is 0.455. The Morgan fingerprint density at radius 2 is 2.00 bits per heavy atom. The van der Waals surface area contributed by atoms with Crippen molar-refractivity contribution in [3.63, 3.8) is 0 Å². The van der Waals surface area contributed by atoms with E-state index >= 15 is 0 Å². The van der Waals surface area contributed by atoms with E-state index in [1.54, 1.807) is 0 Å². The maximum atomic E-state index is 12.9. The van der Waals surface area contributed by atoms with Gasteiger partial charge in [0.15, 0.2) is 11.6 Å². The van der Waals surface area contributed by atoms with Crippen LogP contribution in [0.25, 0.3) is 0 Å². The first-order chi connectivity index (χ1) is 8.38. The highest BCUT2D eigenvalue weighted by Crippen LogP contribution is 2.16. The van der Waals surface area contributed by atoms with E-state index in [1.165, 1.54) is 12.1 Å². The van der Waals surface area contributed by atoms with Crippen LogP contribution in [0.4, 0.5) is 17.6 Å². The number of ether oxygens (including phenoxy) is 1. The van der Waals surface area contributed by atoms with Crippen LogP contribution in [0.1, 0.15) is 5.56 Å². The van der Waals surface area contributed by atoms with E-state index in [2.05, 4.69) is 10.1 Å². The molecule has 1 aromatic rings. The Hall–Kier alpha value is -1.34. The average molecular weight is 267 g/mol. The van der Waals surface area contributed by atoms with Crippen LogP contribution in [0.15, 0.2) is 18.2 Å². The topological polar surface area (TPSA) is 41.5 Å². The first kappa shape index (κ1) is 14.7. The summed E-state index contributed by atoms with van der Waals surface area (Å²) in [5.41, 5.74) is 0.584. The van der Waals surface area contributed by atoms with Crippen LogP contribution in [0.5, 0.6) is 5.75 Å². The molecule has 2 N–H and O–H groups in total. The monoisotopic (exact) mass is 267 g/mol. The molecule has 0 aliphatic carbocycles. The van der Waals surface area contributed by atoms with E-state index in [9.17, 15) is 17.6 Å². The number of hydrogen-bond donors (Lipinski definition) is 2. The third-order valence-corrected chi connectivity index (χ3v) is 2.03. The lowest BCUT2D eigenvalue weighted by Gasteiger charge is -2.08. The number of halogens is 4. The van der Waals surface area contributed by atoms with Gasteiger partial charge in [-0.15, -0.1) is 0 Å². The molecule has 0 saturated carbocycles. The number of phenolic OH excluding ortho intramolecular Hbond substituents is 1. The predicted octanol–water partition coefficient (Wildman–Crippen LogP) is 2.20. The van der Waals surface area contributed by atoms with E-state index in [0.29, 0.717) is 5.56 Å². The van der Waals surface area contributed by atoms with Crippen molar-refractivity contribution in [2.45, 2.75) is 12.7 Å². The Morgan fingerprint density at radius 3 is 2.61 bits per heavy atom. The molecule has 0 amide bonds. The van der Waals surface area contributed by atoms with Gasteiger partial charge in [-0.2, -0.15) is 13.2 Å². The minimum Gasteiger partial charge on any atom is -0.505 e. The minimum atomic E-state index is -4.32. The van der Waals surface area contributed by atoms with Gasteiger partial charge in [-0.05, 0) is 17.7 Å². The molecule has 7 heteroatoms. The van der Waals surface area contributed by atoms with Gasteiger partial charge in [0.25, 0.3) is 0 Å². The second-order valence-corrected chi connectivity index (χ2v) is 3.63. The highest BCUT2D eigenvalue weighted by Gasteiger charge is 2.27. The molecule has 0 fully saturated rings. The predicted molar refractivity (Wildman–Crippen MR) is 56.6 cm³/mol. The maximum Gasteiger partial charge on any atom is 0.411 e. The van der Waals surface area contributed by atoms with Gasteiger partial charge in [-0.3, -0.25) is 0 Å². The number of rotatable bonds is 6. The molecule has 0 bridgehead atoms. The van der Waals surface area contributed by atoms with Crippen LogP contribution < -0.4 is 5.32 Å². The Kier molecular flexibility index (Phi) is 5.36. The van der Waals surface area contributed by atoms with E-state index in [4.69, 9.17) is 5.11 Å². The summed E-state index contributed by atoms with van der Waals surface area (Å²) in [5.74, 6) is -1.17. The van der Waals surface area contributed by atoms with Crippen molar-refractivity contribution in [3.05, 3.63) is 29.6 Å². The molecule has 0 aromatic heterocycles. The van der Waals surface area contributed by atoms with Crippen LogP contribution in [-0.4, -0.2) is 31.0 Å². The molecule has 0 saturated heterocycles. The van der Waals surface area contributed by atoms with E-state index in [-0.39, 0.29) is 19.7 Å². The van der Waals surface area contributed by atoms with Crippen LogP contribution in [0.3, 0.4) is 0 Å². The Bertz CT molecular complexity index is 382. The molecule has 102 valence electrons. The van der Waals surface area contributed by atoms with Crippen molar-refractivity contribution in [2.24, 2.45) is 0 Å². The normalized spacial score (nSPS) is 11.8. The fourth-order valence-corrected chi connectivity index (χ4v) is 1.23. The molecule has 0 unspecified atom stereocenters. The lowest BCUT2D eigenvalue weighted by molar-refractivity contribution is -0.173. The van der Waals surface area contributed by atoms with Gasteiger partial charge in [-0.25, -0.2) is 4.39 Å². The fourth-order valence-electron chi connectivity index (χ4n) is 1.23. The summed E-state index contributed by atoms with van der Waals surface area (Å²) >= 11 is 0.